The van der Waals surface area contributed by atoms with Crippen LogP contribution in [0.15, 0.2) is 89.8 Å². The number of esters is 1. The Hall–Kier alpha value is -4.16. The Morgan fingerprint density at radius 1 is 0.935 bits per heavy atom. The molecular weight excluding hydrogens is 669 g/mol. The lowest BCUT2D eigenvalue weighted by molar-refractivity contribution is -0.147. The maximum Gasteiger partial charge on any atom is 0.329 e. The van der Waals surface area contributed by atoms with E-state index in [0.717, 1.165) is 34.7 Å². The van der Waals surface area contributed by atoms with E-state index in [1.54, 1.807) is 37.4 Å². The molecule has 1 atom stereocenters. The van der Waals surface area contributed by atoms with Crippen LogP contribution in [0.2, 0.25) is 10.0 Å². The van der Waals surface area contributed by atoms with Crippen LogP contribution < -0.4 is 15.4 Å². The molecule has 0 bridgehead atoms. The van der Waals surface area contributed by atoms with Gasteiger partial charge in [-0.25, -0.2) is 13.2 Å². The minimum absolute atomic E-state index is 0.0186. The zero-order valence-electron chi connectivity index (χ0n) is 24.8. The third-order valence-electron chi connectivity index (χ3n) is 7.06. The van der Waals surface area contributed by atoms with E-state index in [-0.39, 0.29) is 33.5 Å². The molecule has 5 rings (SSSR count). The smallest absolute Gasteiger partial charge is 0.329 e. The number of anilines is 1. The Morgan fingerprint density at radius 3 is 2.39 bits per heavy atom. The second kappa shape index (κ2) is 14.5. The molecule has 0 aliphatic carbocycles. The van der Waals surface area contributed by atoms with Gasteiger partial charge in [-0.3, -0.25) is 4.79 Å². The molecule has 13 heteroatoms. The monoisotopic (exact) mass is 697 g/mol. The number of nitrogens with zero attached hydrogens (tertiary/aromatic N) is 1. The lowest BCUT2D eigenvalue weighted by atomic mass is 10.0. The second-order valence-corrected chi connectivity index (χ2v) is 14.0. The van der Waals surface area contributed by atoms with E-state index in [1.165, 1.54) is 12.1 Å². The van der Waals surface area contributed by atoms with Crippen molar-refractivity contribution in [2.75, 3.05) is 18.7 Å². The van der Waals surface area contributed by atoms with Crippen LogP contribution in [0.5, 0.6) is 5.75 Å². The van der Waals surface area contributed by atoms with Gasteiger partial charge in [0.15, 0.2) is 9.84 Å². The van der Waals surface area contributed by atoms with E-state index in [2.05, 4.69) is 15.0 Å². The number of sulfone groups is 1. The molecule has 1 heterocycles. The number of nitrogens with one attached hydrogen (secondary N) is 2. The number of halogens is 2. The van der Waals surface area contributed by atoms with Gasteiger partial charge < -0.3 is 20.1 Å². The highest BCUT2D eigenvalue weighted by atomic mass is 35.5. The summed E-state index contributed by atoms with van der Waals surface area (Å²) in [6, 6.07) is 23.3. The van der Waals surface area contributed by atoms with Crippen molar-refractivity contribution in [2.24, 2.45) is 0 Å². The Morgan fingerprint density at radius 2 is 1.65 bits per heavy atom. The summed E-state index contributed by atoms with van der Waals surface area (Å²) in [4.78, 5) is 27.1. The number of hydrogen-bond donors (Lipinski definition) is 2. The molecule has 0 fully saturated rings. The molecule has 2 N–H and O–H groups in total. The summed E-state index contributed by atoms with van der Waals surface area (Å²) >= 11 is 14.5. The largest absolute Gasteiger partial charge is 0.497 e. The molecule has 0 unspecified atom stereocenters. The standard InChI is InChI=1S/C33H29Cl2N3O6S2/c1-43-23-12-6-11-22(14-23)18-36-31-25-17-26(34)28(29(35)30(25)45-38-31)32(39)37-27(33(40)44-19-20-8-4-3-5-9-20)16-21-10-7-13-24(15-21)46(2,41)42/h3-15,17,27H,16,18-19H2,1-2H3,(H,36,38)(H,37,39)/t27-/m0/s1. The van der Waals surface area contributed by atoms with Gasteiger partial charge in [-0.15, -0.1) is 0 Å². The molecule has 0 radical (unpaired) electrons. The SMILES string of the molecule is COc1cccc(CNc2nsc3c(Cl)c(C(=O)N[C@@H](Cc4cccc(S(C)(=O)=O)c4)C(=O)OCc4ccccc4)c(Cl)cc23)c1. The minimum atomic E-state index is -3.50. The van der Waals surface area contributed by atoms with Crippen molar-refractivity contribution in [2.45, 2.75) is 30.5 Å². The predicted molar refractivity (Wildman–Crippen MR) is 181 cm³/mol. The van der Waals surface area contributed by atoms with E-state index >= 15 is 0 Å². The quantitative estimate of drug-likeness (QED) is 0.138. The van der Waals surface area contributed by atoms with Crippen LogP contribution in [0.25, 0.3) is 10.1 Å². The topological polar surface area (TPSA) is 124 Å². The average molecular weight is 699 g/mol. The number of amides is 1. The molecule has 0 spiro atoms. The van der Waals surface area contributed by atoms with Crippen LogP contribution >= 0.6 is 34.7 Å². The van der Waals surface area contributed by atoms with Crippen molar-refractivity contribution < 1.29 is 27.5 Å². The highest BCUT2D eigenvalue weighted by Gasteiger charge is 2.28. The van der Waals surface area contributed by atoms with Gasteiger partial charge >= 0.3 is 5.97 Å². The van der Waals surface area contributed by atoms with Gasteiger partial charge in [-0.05, 0) is 58.6 Å². The number of fused-ring (bicyclic) bond motifs is 1. The fourth-order valence-corrected chi connectivity index (χ4v) is 6.91. The van der Waals surface area contributed by atoms with Crippen LogP contribution in [0, 0.1) is 0 Å². The molecule has 46 heavy (non-hydrogen) atoms. The first kappa shape index (κ1) is 33.2. The summed E-state index contributed by atoms with van der Waals surface area (Å²) in [5.74, 6) is -0.129. The lowest BCUT2D eigenvalue weighted by Crippen LogP contribution is -2.43. The Balaban J connectivity index is 1.39. The van der Waals surface area contributed by atoms with Crippen molar-refractivity contribution in [3.63, 3.8) is 0 Å². The first-order valence-corrected chi connectivity index (χ1v) is 17.4. The Labute approximate surface area is 280 Å². The number of aromatic nitrogens is 1. The fraction of sp³-hybridized carbons (Fsp3) is 0.182. The van der Waals surface area contributed by atoms with Crippen LogP contribution in [0.1, 0.15) is 27.0 Å². The van der Waals surface area contributed by atoms with Gasteiger partial charge in [0.2, 0.25) is 0 Å². The maximum absolute atomic E-state index is 13.7. The number of carbonyl (C=O) groups excluding carboxylic acids is 2. The third-order valence-corrected chi connectivity index (χ3v) is 9.84. The molecule has 1 aromatic heterocycles. The third kappa shape index (κ3) is 7.97. The number of carbonyl (C=O) groups is 2. The van der Waals surface area contributed by atoms with Crippen molar-refractivity contribution >= 4 is 72.4 Å². The van der Waals surface area contributed by atoms with Crippen molar-refractivity contribution in [3.05, 3.63) is 117 Å². The van der Waals surface area contributed by atoms with Gasteiger partial charge in [0.25, 0.3) is 5.91 Å². The highest BCUT2D eigenvalue weighted by Crippen LogP contribution is 2.39. The molecule has 238 valence electrons. The van der Waals surface area contributed by atoms with E-state index in [4.69, 9.17) is 32.7 Å². The summed E-state index contributed by atoms with van der Waals surface area (Å²) in [6.45, 7) is 0.441. The molecule has 4 aromatic carbocycles. The number of methoxy groups -OCH3 is 1. The number of ether oxygens (including phenoxy) is 2. The molecule has 0 saturated carbocycles. The minimum Gasteiger partial charge on any atom is -0.497 e. The summed E-state index contributed by atoms with van der Waals surface area (Å²) in [7, 11) is -1.90. The Bertz CT molecular complexity index is 2000. The molecular formula is C33H29Cl2N3O6S2. The zero-order valence-corrected chi connectivity index (χ0v) is 27.9. The normalized spacial score (nSPS) is 12.0. The van der Waals surface area contributed by atoms with Crippen LogP contribution in [-0.4, -0.2) is 44.1 Å². The van der Waals surface area contributed by atoms with E-state index in [9.17, 15) is 18.0 Å². The average Bonchev–Trinajstić information content (AvgIpc) is 3.45. The molecule has 0 saturated heterocycles. The van der Waals surface area contributed by atoms with Gasteiger partial charge in [0.1, 0.15) is 24.2 Å². The fourth-order valence-electron chi connectivity index (χ4n) is 4.70. The molecule has 0 aliphatic rings. The summed E-state index contributed by atoms with van der Waals surface area (Å²) in [6.07, 6.45) is 1.05. The van der Waals surface area contributed by atoms with E-state index in [1.807, 2.05) is 42.5 Å². The number of benzene rings is 4. The van der Waals surface area contributed by atoms with Crippen molar-refractivity contribution in [3.8, 4) is 5.75 Å². The first-order chi connectivity index (χ1) is 22.0. The van der Waals surface area contributed by atoms with Crippen LogP contribution in [0.3, 0.4) is 0 Å². The summed E-state index contributed by atoms with van der Waals surface area (Å²) < 4.78 is 40.1. The van der Waals surface area contributed by atoms with Gasteiger partial charge in [-0.2, -0.15) is 4.37 Å². The van der Waals surface area contributed by atoms with Crippen molar-refractivity contribution in [1.82, 2.24) is 9.69 Å². The highest BCUT2D eigenvalue weighted by molar-refractivity contribution is 7.90. The second-order valence-electron chi connectivity index (χ2n) is 10.4. The molecule has 0 aliphatic heterocycles. The molecule has 5 aromatic rings. The lowest BCUT2D eigenvalue weighted by Gasteiger charge is -2.19. The maximum atomic E-state index is 13.7. The number of rotatable bonds is 12. The Kier molecular flexibility index (Phi) is 10.5. The van der Waals surface area contributed by atoms with Gasteiger partial charge in [0.05, 0.1) is 32.3 Å². The van der Waals surface area contributed by atoms with E-state index in [0.29, 0.717) is 28.0 Å². The van der Waals surface area contributed by atoms with Crippen molar-refractivity contribution in [1.29, 1.82) is 0 Å². The van der Waals surface area contributed by atoms with E-state index < -0.39 is 27.8 Å². The first-order valence-electron chi connectivity index (χ1n) is 14.0. The van der Waals surface area contributed by atoms with Crippen LogP contribution in [0.4, 0.5) is 5.82 Å². The molecule has 1 amide bonds. The molecule has 9 nitrogen and oxygen atoms in total. The summed E-state index contributed by atoms with van der Waals surface area (Å²) in [5, 5.41) is 6.77. The number of hydrogen-bond acceptors (Lipinski definition) is 9. The predicted octanol–water partition coefficient (Wildman–Crippen LogP) is 6.71. The summed E-state index contributed by atoms with van der Waals surface area (Å²) in [5.41, 5.74) is 2.22. The van der Waals surface area contributed by atoms with Gasteiger partial charge in [-0.1, -0.05) is 77.8 Å². The van der Waals surface area contributed by atoms with Gasteiger partial charge in [0, 0.05) is 24.6 Å². The zero-order chi connectivity index (χ0) is 32.8. The van der Waals surface area contributed by atoms with Crippen LogP contribution in [-0.2, 0) is 38.9 Å².